The molecule has 0 unspecified atom stereocenters. The van der Waals surface area contributed by atoms with Gasteiger partial charge in [0.25, 0.3) is 0 Å². The first-order chi connectivity index (χ1) is 14.5. The van der Waals surface area contributed by atoms with Crippen LogP contribution in [0.15, 0.2) is 83.7 Å². The maximum atomic E-state index is 12.8. The Morgan fingerprint density at radius 1 is 0.833 bits per heavy atom. The number of aliphatic carboxylic acids is 1. The summed E-state index contributed by atoms with van der Waals surface area (Å²) < 4.78 is 1.75. The Bertz CT molecular complexity index is 1240. The number of hydrogen-bond acceptors (Lipinski definition) is 3. The van der Waals surface area contributed by atoms with E-state index < -0.39 is 17.9 Å². The molecule has 30 heavy (non-hydrogen) atoms. The number of para-hydroxylation sites is 2. The summed E-state index contributed by atoms with van der Waals surface area (Å²) in [4.78, 5) is 37.3. The predicted molar refractivity (Wildman–Crippen MR) is 115 cm³/mol. The number of carbonyl (C=O) groups excluding carboxylic acids is 1. The van der Waals surface area contributed by atoms with Crippen LogP contribution in [0, 0.1) is 0 Å². The Balaban J connectivity index is 1.67. The number of benzene rings is 3. The molecule has 0 radical (unpaired) electrons. The fourth-order valence-electron chi connectivity index (χ4n) is 3.68. The van der Waals surface area contributed by atoms with Crippen LogP contribution >= 0.6 is 0 Å². The van der Waals surface area contributed by atoms with Crippen LogP contribution in [0.2, 0.25) is 0 Å². The van der Waals surface area contributed by atoms with E-state index >= 15 is 0 Å². The number of amides is 1. The molecule has 0 saturated carbocycles. The van der Waals surface area contributed by atoms with E-state index in [9.17, 15) is 19.5 Å². The van der Waals surface area contributed by atoms with E-state index in [1.165, 1.54) is 0 Å². The Morgan fingerprint density at radius 2 is 1.37 bits per heavy atom. The lowest BCUT2D eigenvalue weighted by atomic mass is 10.1. The summed E-state index contributed by atoms with van der Waals surface area (Å²) >= 11 is 0. The molecule has 0 spiro atoms. The first kappa shape index (κ1) is 19.4. The molecule has 1 atom stereocenters. The van der Waals surface area contributed by atoms with Gasteiger partial charge in [-0.15, -0.1) is 0 Å². The third kappa shape index (κ3) is 3.80. The van der Waals surface area contributed by atoms with Crippen molar-refractivity contribution in [3.63, 3.8) is 0 Å². The van der Waals surface area contributed by atoms with E-state index in [1.807, 2.05) is 30.3 Å². The quantitative estimate of drug-likeness (QED) is 0.487. The summed E-state index contributed by atoms with van der Waals surface area (Å²) in [5.74, 6) is -1.53. The Labute approximate surface area is 172 Å². The van der Waals surface area contributed by atoms with Gasteiger partial charge in [0, 0.05) is 17.2 Å². The number of aromatic nitrogens is 1. The molecule has 1 heterocycles. The molecule has 6 heteroatoms. The van der Waals surface area contributed by atoms with Gasteiger partial charge in [0.1, 0.15) is 12.6 Å². The maximum Gasteiger partial charge on any atom is 0.326 e. The lowest BCUT2D eigenvalue weighted by Crippen LogP contribution is -2.43. The third-order valence-electron chi connectivity index (χ3n) is 5.10. The maximum absolute atomic E-state index is 12.8. The van der Waals surface area contributed by atoms with Gasteiger partial charge < -0.3 is 15.0 Å². The van der Waals surface area contributed by atoms with Gasteiger partial charge in [0.2, 0.25) is 5.91 Å². The van der Waals surface area contributed by atoms with Crippen molar-refractivity contribution in [1.29, 1.82) is 0 Å². The summed E-state index contributed by atoms with van der Waals surface area (Å²) in [7, 11) is 0. The molecule has 1 aromatic heterocycles. The highest BCUT2D eigenvalue weighted by Gasteiger charge is 2.21. The highest BCUT2D eigenvalue weighted by molar-refractivity contribution is 5.95. The first-order valence-electron chi connectivity index (χ1n) is 9.61. The summed E-state index contributed by atoms with van der Waals surface area (Å²) in [6.45, 7) is -0.0973. The minimum absolute atomic E-state index is 0.0923. The van der Waals surface area contributed by atoms with Gasteiger partial charge in [0.05, 0.1) is 11.0 Å². The van der Waals surface area contributed by atoms with Crippen LogP contribution in [0.1, 0.15) is 5.56 Å². The molecular formula is C24H20N2O4. The average Bonchev–Trinajstić information content (AvgIpc) is 2.77. The van der Waals surface area contributed by atoms with Crippen LogP contribution < -0.4 is 10.7 Å². The fraction of sp³-hybridized carbons (Fsp3) is 0.125. The molecule has 0 fully saturated rings. The summed E-state index contributed by atoms with van der Waals surface area (Å²) in [5, 5.41) is 13.2. The Morgan fingerprint density at radius 3 is 1.93 bits per heavy atom. The number of carbonyl (C=O) groups is 2. The minimum Gasteiger partial charge on any atom is -0.480 e. The SMILES string of the molecule is O=C(Cn1c2ccccc2c(=O)c2ccccc21)N[C@@H](Cc1ccccc1)C(=O)O. The number of carboxylic acids is 1. The number of nitrogens with one attached hydrogen (secondary N) is 1. The lowest BCUT2D eigenvalue weighted by Gasteiger charge is -2.18. The van der Waals surface area contributed by atoms with Crippen LogP contribution in [-0.4, -0.2) is 27.6 Å². The van der Waals surface area contributed by atoms with Crippen molar-refractivity contribution in [2.24, 2.45) is 0 Å². The summed E-state index contributed by atoms with van der Waals surface area (Å²) in [6, 6.07) is 22.3. The molecule has 0 aliphatic rings. The fourth-order valence-corrected chi connectivity index (χ4v) is 3.68. The predicted octanol–water partition coefficient (Wildman–Crippen LogP) is 2.97. The molecule has 0 saturated heterocycles. The van der Waals surface area contributed by atoms with Crippen molar-refractivity contribution in [1.82, 2.24) is 9.88 Å². The van der Waals surface area contributed by atoms with Crippen molar-refractivity contribution in [3.8, 4) is 0 Å². The zero-order valence-corrected chi connectivity index (χ0v) is 16.1. The van der Waals surface area contributed by atoms with Gasteiger partial charge >= 0.3 is 5.97 Å². The highest BCUT2D eigenvalue weighted by Crippen LogP contribution is 2.19. The number of rotatable bonds is 6. The molecule has 6 nitrogen and oxygen atoms in total. The normalized spacial score (nSPS) is 12.0. The van der Waals surface area contributed by atoms with Gasteiger partial charge in [0.15, 0.2) is 5.43 Å². The van der Waals surface area contributed by atoms with Crippen LogP contribution in [0.5, 0.6) is 0 Å². The second-order valence-corrected chi connectivity index (χ2v) is 7.10. The van der Waals surface area contributed by atoms with Gasteiger partial charge in [-0.2, -0.15) is 0 Å². The second kappa shape index (κ2) is 8.21. The molecule has 0 aliphatic heterocycles. The number of pyridine rings is 1. The first-order valence-corrected chi connectivity index (χ1v) is 9.61. The van der Waals surface area contributed by atoms with Crippen LogP contribution in [0.4, 0.5) is 0 Å². The van der Waals surface area contributed by atoms with E-state index in [1.54, 1.807) is 53.1 Å². The van der Waals surface area contributed by atoms with E-state index in [4.69, 9.17) is 0 Å². The molecule has 1 amide bonds. The second-order valence-electron chi connectivity index (χ2n) is 7.10. The number of nitrogens with zero attached hydrogens (tertiary/aromatic N) is 1. The van der Waals surface area contributed by atoms with Crippen LogP contribution in [0.25, 0.3) is 21.8 Å². The van der Waals surface area contributed by atoms with E-state index in [-0.39, 0.29) is 18.4 Å². The van der Waals surface area contributed by atoms with Crippen molar-refractivity contribution in [2.75, 3.05) is 0 Å². The largest absolute Gasteiger partial charge is 0.480 e. The molecule has 2 N–H and O–H groups in total. The summed E-state index contributed by atoms with van der Waals surface area (Å²) in [5.41, 5.74) is 1.99. The lowest BCUT2D eigenvalue weighted by molar-refractivity contribution is -0.141. The Hall–Kier alpha value is -3.93. The van der Waals surface area contributed by atoms with Crippen molar-refractivity contribution in [3.05, 3.63) is 94.6 Å². The van der Waals surface area contributed by atoms with Gasteiger partial charge in [-0.25, -0.2) is 4.79 Å². The van der Waals surface area contributed by atoms with Gasteiger partial charge in [-0.05, 0) is 29.8 Å². The molecule has 3 aromatic carbocycles. The molecule has 4 rings (SSSR count). The molecular weight excluding hydrogens is 380 g/mol. The monoisotopic (exact) mass is 400 g/mol. The number of carboxylic acid groups (broad SMARTS) is 1. The molecule has 0 bridgehead atoms. The zero-order chi connectivity index (χ0) is 21.1. The van der Waals surface area contributed by atoms with E-state index in [2.05, 4.69) is 5.32 Å². The van der Waals surface area contributed by atoms with E-state index in [0.717, 1.165) is 5.56 Å². The summed E-state index contributed by atoms with van der Waals surface area (Å²) in [6.07, 6.45) is 0.188. The van der Waals surface area contributed by atoms with Crippen molar-refractivity contribution in [2.45, 2.75) is 19.0 Å². The number of hydrogen-bond donors (Lipinski definition) is 2. The van der Waals surface area contributed by atoms with Gasteiger partial charge in [-0.1, -0.05) is 54.6 Å². The van der Waals surface area contributed by atoms with Crippen molar-refractivity contribution >= 4 is 33.7 Å². The number of fused-ring (bicyclic) bond motifs is 2. The Kier molecular flexibility index (Phi) is 5.30. The molecule has 0 aliphatic carbocycles. The zero-order valence-electron chi connectivity index (χ0n) is 16.1. The minimum atomic E-state index is -1.10. The molecule has 150 valence electrons. The standard InChI is InChI=1S/C24H20N2O4/c27-22(25-19(24(29)30)14-16-8-2-1-3-9-16)15-26-20-12-6-4-10-17(20)23(28)18-11-5-7-13-21(18)26/h1-13,19H,14-15H2,(H,25,27)(H,29,30)/t19-/m0/s1. The topological polar surface area (TPSA) is 88.4 Å². The highest BCUT2D eigenvalue weighted by atomic mass is 16.4. The van der Waals surface area contributed by atoms with Gasteiger partial charge in [-0.3, -0.25) is 9.59 Å². The average molecular weight is 400 g/mol. The van der Waals surface area contributed by atoms with Crippen molar-refractivity contribution < 1.29 is 14.7 Å². The molecule has 4 aromatic rings. The van der Waals surface area contributed by atoms with Crippen LogP contribution in [-0.2, 0) is 22.6 Å². The van der Waals surface area contributed by atoms with Crippen LogP contribution in [0.3, 0.4) is 0 Å². The smallest absolute Gasteiger partial charge is 0.326 e. The third-order valence-corrected chi connectivity index (χ3v) is 5.10. The van der Waals surface area contributed by atoms with E-state index in [0.29, 0.717) is 21.8 Å².